The molecular weight excluding hydrogens is 465 g/mol. The molecule has 0 saturated carbocycles. The summed E-state index contributed by atoms with van der Waals surface area (Å²) in [7, 11) is 0. The lowest BCUT2D eigenvalue weighted by Gasteiger charge is -2.15. The van der Waals surface area contributed by atoms with Crippen LogP contribution in [0.15, 0.2) is 73.1 Å². The fourth-order valence-electron chi connectivity index (χ4n) is 3.69. The van der Waals surface area contributed by atoms with Crippen molar-refractivity contribution in [3.63, 3.8) is 0 Å². The average Bonchev–Trinajstić information content (AvgIpc) is 3.30. The predicted molar refractivity (Wildman–Crippen MR) is 131 cm³/mol. The van der Waals surface area contributed by atoms with Crippen molar-refractivity contribution in [1.82, 2.24) is 19.7 Å². The third-order valence-corrected chi connectivity index (χ3v) is 5.36. The van der Waals surface area contributed by atoms with Crippen LogP contribution >= 0.6 is 0 Å². The van der Waals surface area contributed by atoms with E-state index in [-0.39, 0.29) is 17.4 Å². The van der Waals surface area contributed by atoms with Gasteiger partial charge in [-0.05, 0) is 43.2 Å². The quantitative estimate of drug-likeness (QED) is 0.275. The van der Waals surface area contributed by atoms with Gasteiger partial charge in [0.1, 0.15) is 11.6 Å². The Morgan fingerprint density at radius 1 is 1.03 bits per heavy atom. The van der Waals surface area contributed by atoms with Crippen LogP contribution in [0, 0.1) is 19.7 Å². The second-order valence-electron chi connectivity index (χ2n) is 7.97. The Hall–Kier alpha value is -4.99. The first-order valence-corrected chi connectivity index (χ1v) is 10.9. The Kier molecular flexibility index (Phi) is 5.91. The van der Waals surface area contributed by atoms with Gasteiger partial charge in [0.15, 0.2) is 17.3 Å². The first kappa shape index (κ1) is 22.8. The van der Waals surface area contributed by atoms with E-state index in [0.717, 1.165) is 16.8 Å². The highest BCUT2D eigenvalue weighted by Gasteiger charge is 2.17. The number of nitrogens with one attached hydrogen (secondary N) is 1. The van der Waals surface area contributed by atoms with E-state index >= 15 is 4.39 Å². The molecule has 0 unspecified atom stereocenters. The Morgan fingerprint density at radius 2 is 1.78 bits per heavy atom. The summed E-state index contributed by atoms with van der Waals surface area (Å²) in [5.41, 5.74) is 2.80. The molecule has 0 aliphatic rings. The number of hydrogen-bond donors (Lipinski definition) is 2. The molecule has 5 aromatic rings. The van der Waals surface area contributed by atoms with Gasteiger partial charge in [0, 0.05) is 17.1 Å². The fourth-order valence-corrected chi connectivity index (χ4v) is 3.69. The molecule has 36 heavy (non-hydrogen) atoms. The molecule has 2 N–H and O–H groups in total. The van der Waals surface area contributed by atoms with E-state index in [1.54, 1.807) is 6.07 Å². The summed E-state index contributed by atoms with van der Waals surface area (Å²) in [6, 6.07) is 17.8. The van der Waals surface area contributed by atoms with E-state index in [4.69, 9.17) is 9.84 Å². The number of carbonyl (C=O) groups is 1. The van der Waals surface area contributed by atoms with Gasteiger partial charge < -0.3 is 19.9 Å². The van der Waals surface area contributed by atoms with Crippen LogP contribution in [0.1, 0.15) is 11.1 Å². The zero-order chi connectivity index (χ0) is 25.2. The van der Waals surface area contributed by atoms with Gasteiger partial charge in [-0.25, -0.2) is 18.9 Å². The second kappa shape index (κ2) is 9.34. The lowest BCUT2D eigenvalue weighted by atomic mass is 10.1. The maximum atomic E-state index is 15.2. The summed E-state index contributed by atoms with van der Waals surface area (Å²) < 4.78 is 27.1. The Balaban J connectivity index is 1.63. The van der Waals surface area contributed by atoms with Crippen LogP contribution < -0.4 is 14.8 Å². The number of aryl methyl sites for hydroxylation is 2. The Morgan fingerprint density at radius 3 is 2.50 bits per heavy atom. The van der Waals surface area contributed by atoms with Crippen molar-refractivity contribution in [2.75, 3.05) is 5.32 Å². The van der Waals surface area contributed by atoms with Crippen molar-refractivity contribution in [3.8, 4) is 23.2 Å². The van der Waals surface area contributed by atoms with Crippen molar-refractivity contribution in [1.29, 1.82) is 0 Å². The van der Waals surface area contributed by atoms with Crippen molar-refractivity contribution in [3.05, 3.63) is 90.0 Å². The summed E-state index contributed by atoms with van der Waals surface area (Å²) in [6.07, 6.45) is 1.06. The van der Waals surface area contributed by atoms with Gasteiger partial charge in [-0.1, -0.05) is 36.4 Å². The molecule has 2 aromatic heterocycles. The van der Waals surface area contributed by atoms with Gasteiger partial charge in [-0.2, -0.15) is 10.1 Å². The van der Waals surface area contributed by atoms with E-state index in [1.165, 1.54) is 23.1 Å². The van der Waals surface area contributed by atoms with E-state index in [9.17, 15) is 4.79 Å². The smallest absolute Gasteiger partial charge is 0.454 e. The second-order valence-corrected chi connectivity index (χ2v) is 7.97. The zero-order valence-corrected chi connectivity index (χ0v) is 19.3. The molecule has 10 heteroatoms. The first-order valence-electron chi connectivity index (χ1n) is 10.9. The summed E-state index contributed by atoms with van der Waals surface area (Å²) in [4.78, 5) is 19.8. The van der Waals surface area contributed by atoms with Crippen LogP contribution in [0.2, 0.25) is 0 Å². The number of anilines is 2. The number of rotatable bonds is 6. The summed E-state index contributed by atoms with van der Waals surface area (Å²) in [5, 5.41) is 16.7. The molecule has 0 fully saturated rings. The molecule has 0 saturated heterocycles. The predicted octanol–water partition coefficient (Wildman–Crippen LogP) is 6.16. The average molecular weight is 485 g/mol. The van der Waals surface area contributed by atoms with Gasteiger partial charge in [0.2, 0.25) is 0 Å². The third-order valence-electron chi connectivity index (χ3n) is 5.36. The molecule has 0 amide bonds. The molecule has 5 rings (SSSR count). The molecule has 3 aromatic carbocycles. The molecule has 0 aliphatic carbocycles. The molecule has 0 aliphatic heterocycles. The lowest BCUT2D eigenvalue weighted by molar-refractivity contribution is 0.144. The highest BCUT2D eigenvalue weighted by molar-refractivity contribution is 5.92. The van der Waals surface area contributed by atoms with Crippen LogP contribution in [-0.4, -0.2) is 31.0 Å². The molecule has 2 heterocycles. The minimum Gasteiger partial charge on any atom is -0.454 e. The maximum Gasteiger partial charge on any atom is 0.511 e. The number of halogens is 1. The number of ether oxygens (including phenoxy) is 2. The largest absolute Gasteiger partial charge is 0.511 e. The standard InChI is InChI=1S/C26H20FN5O4/c1-15-7-6-8-16(2)23(15)36-22-11-19-21(12-20(22)27)30-25(32-14-18(13-28-32)35-26(33)34)31-24(19)29-17-9-4-3-5-10-17/h3-14H,1-2H3,(H,33,34)(H,29,30,31). The molecular formula is C26H20FN5O4. The molecule has 0 bridgehead atoms. The highest BCUT2D eigenvalue weighted by atomic mass is 19.1. The SMILES string of the molecule is Cc1cccc(C)c1Oc1cc2c(Nc3ccccc3)nc(-n3cc(OC(=O)O)cn3)nc2cc1F. The molecule has 180 valence electrons. The van der Waals surface area contributed by atoms with Crippen LogP contribution in [0.5, 0.6) is 17.2 Å². The van der Waals surface area contributed by atoms with Crippen molar-refractivity contribution in [2.24, 2.45) is 0 Å². The minimum absolute atomic E-state index is 0.00713. The number of carboxylic acid groups (broad SMARTS) is 1. The van der Waals surface area contributed by atoms with Crippen LogP contribution in [0.3, 0.4) is 0 Å². The van der Waals surface area contributed by atoms with E-state index in [1.807, 2.05) is 62.4 Å². The maximum absolute atomic E-state index is 15.2. The molecule has 0 radical (unpaired) electrons. The van der Waals surface area contributed by atoms with E-state index < -0.39 is 12.0 Å². The lowest BCUT2D eigenvalue weighted by Crippen LogP contribution is -2.06. The van der Waals surface area contributed by atoms with Crippen molar-refractivity contribution >= 4 is 28.6 Å². The fraction of sp³-hybridized carbons (Fsp3) is 0.0769. The molecule has 9 nitrogen and oxygen atoms in total. The number of benzene rings is 3. The summed E-state index contributed by atoms with van der Waals surface area (Å²) in [6.45, 7) is 3.79. The van der Waals surface area contributed by atoms with E-state index in [2.05, 4.69) is 25.1 Å². The van der Waals surface area contributed by atoms with Gasteiger partial charge >= 0.3 is 6.16 Å². The van der Waals surface area contributed by atoms with Gasteiger partial charge in [-0.3, -0.25) is 0 Å². The van der Waals surface area contributed by atoms with Crippen molar-refractivity contribution in [2.45, 2.75) is 13.8 Å². The number of fused-ring (bicyclic) bond motifs is 1. The molecule has 0 spiro atoms. The van der Waals surface area contributed by atoms with Crippen molar-refractivity contribution < 1.29 is 23.8 Å². The third kappa shape index (κ3) is 4.64. The minimum atomic E-state index is -1.47. The summed E-state index contributed by atoms with van der Waals surface area (Å²) >= 11 is 0. The number of para-hydroxylation sites is 2. The monoisotopic (exact) mass is 485 g/mol. The first-order chi connectivity index (χ1) is 17.4. The Bertz CT molecular complexity index is 1570. The normalized spacial score (nSPS) is 10.9. The van der Waals surface area contributed by atoms with Crippen LogP contribution in [-0.2, 0) is 0 Å². The number of aromatic nitrogens is 4. The van der Waals surface area contributed by atoms with Gasteiger partial charge in [0.05, 0.1) is 17.9 Å². The summed E-state index contributed by atoms with van der Waals surface area (Å²) in [5.74, 6) is 0.466. The van der Waals surface area contributed by atoms with E-state index in [0.29, 0.717) is 22.5 Å². The number of hydrogen-bond acceptors (Lipinski definition) is 7. The topological polar surface area (TPSA) is 111 Å². The number of nitrogens with zero attached hydrogens (tertiary/aromatic N) is 4. The molecule has 0 atom stereocenters. The van der Waals surface area contributed by atoms with Crippen LogP contribution in [0.4, 0.5) is 20.7 Å². The van der Waals surface area contributed by atoms with Crippen LogP contribution in [0.25, 0.3) is 16.9 Å². The zero-order valence-electron chi connectivity index (χ0n) is 19.3. The van der Waals surface area contributed by atoms with Gasteiger partial charge in [-0.15, -0.1) is 0 Å². The highest BCUT2D eigenvalue weighted by Crippen LogP contribution is 2.35. The van der Waals surface area contributed by atoms with Gasteiger partial charge in [0.25, 0.3) is 5.95 Å². The Labute approximate surface area is 204 Å².